The maximum atomic E-state index is 10.1. The number of carbonyl (C=O) groups excluding carboxylic acids is 1. The highest BCUT2D eigenvalue weighted by atomic mass is 127. The van der Waals surface area contributed by atoms with E-state index in [4.69, 9.17) is 0 Å². The second-order valence-electron chi connectivity index (χ2n) is 1.36. The summed E-state index contributed by atoms with van der Waals surface area (Å²) < 4.78 is 0.970. The molecule has 0 amide bonds. The Labute approximate surface area is 60.4 Å². The van der Waals surface area contributed by atoms with E-state index in [1.807, 2.05) is 6.07 Å². The first-order chi connectivity index (χ1) is 3.84. The van der Waals surface area contributed by atoms with Crippen molar-refractivity contribution in [2.24, 2.45) is 0 Å². The van der Waals surface area contributed by atoms with Crippen LogP contribution in [0, 0.1) is 3.57 Å². The minimum atomic E-state index is 0.658. The molecule has 1 aromatic rings. The summed E-state index contributed by atoms with van der Waals surface area (Å²) in [6, 6.07) is 1.85. The molecule has 0 spiro atoms. The van der Waals surface area contributed by atoms with E-state index in [0.717, 1.165) is 9.86 Å². The van der Waals surface area contributed by atoms with Crippen LogP contribution in [0.2, 0.25) is 0 Å². The van der Waals surface area contributed by atoms with E-state index in [-0.39, 0.29) is 0 Å². The second kappa shape index (κ2) is 2.30. The predicted octanol–water partition coefficient (Wildman–Crippen LogP) is 1.43. The van der Waals surface area contributed by atoms with Gasteiger partial charge in [0.2, 0.25) is 0 Å². The number of rotatable bonds is 1. The van der Waals surface area contributed by atoms with Crippen LogP contribution in [0.5, 0.6) is 0 Å². The first-order valence-corrected chi connectivity index (χ1v) is 3.20. The van der Waals surface area contributed by atoms with Crippen LogP contribution in [-0.2, 0) is 0 Å². The van der Waals surface area contributed by atoms with Gasteiger partial charge in [0.15, 0.2) is 6.29 Å². The largest absolute Gasteiger partial charge is 0.358 e. The quantitative estimate of drug-likeness (QED) is 0.564. The molecule has 0 radical (unpaired) electrons. The Hall–Kier alpha value is -0.320. The Morgan fingerprint density at radius 1 is 1.75 bits per heavy atom. The lowest BCUT2D eigenvalue weighted by Crippen LogP contribution is -1.78. The van der Waals surface area contributed by atoms with Crippen LogP contribution in [0.4, 0.5) is 0 Å². The molecule has 3 heteroatoms. The van der Waals surface area contributed by atoms with E-state index in [1.54, 1.807) is 6.20 Å². The van der Waals surface area contributed by atoms with Crippen LogP contribution in [0.3, 0.4) is 0 Å². The summed E-state index contributed by atoms with van der Waals surface area (Å²) >= 11 is 2.09. The van der Waals surface area contributed by atoms with E-state index in [0.29, 0.717) is 5.69 Å². The number of aromatic nitrogens is 1. The highest BCUT2D eigenvalue weighted by Crippen LogP contribution is 2.05. The average Bonchev–Trinajstić information content (AvgIpc) is 2.14. The summed E-state index contributed by atoms with van der Waals surface area (Å²) in [5.74, 6) is 0. The summed E-state index contributed by atoms with van der Waals surface area (Å²) in [4.78, 5) is 12.8. The van der Waals surface area contributed by atoms with Crippen molar-refractivity contribution in [3.05, 3.63) is 21.5 Å². The highest BCUT2D eigenvalue weighted by molar-refractivity contribution is 14.1. The molecular formula is C5H4INO. The normalized spacial score (nSPS) is 9.12. The summed E-state index contributed by atoms with van der Waals surface area (Å²) in [5, 5.41) is 0. The number of hydrogen-bond donors (Lipinski definition) is 1. The number of halogens is 1. The van der Waals surface area contributed by atoms with Crippen molar-refractivity contribution in [2.45, 2.75) is 0 Å². The van der Waals surface area contributed by atoms with Crippen molar-refractivity contribution in [2.75, 3.05) is 0 Å². The molecule has 42 valence electrons. The molecule has 1 aromatic heterocycles. The maximum absolute atomic E-state index is 10.1. The SMILES string of the molecule is O=Cc1[nH]ccc1I. The second-order valence-corrected chi connectivity index (χ2v) is 2.52. The Bertz CT molecular complexity index is 194. The molecule has 0 aliphatic carbocycles. The molecule has 0 bridgehead atoms. The predicted molar refractivity (Wildman–Crippen MR) is 38.9 cm³/mol. The number of nitrogens with one attached hydrogen (secondary N) is 1. The van der Waals surface area contributed by atoms with Gasteiger partial charge in [-0.2, -0.15) is 0 Å². The fourth-order valence-corrected chi connectivity index (χ4v) is 0.916. The number of aldehydes is 1. The van der Waals surface area contributed by atoms with Gasteiger partial charge in [0.1, 0.15) is 0 Å². The zero-order chi connectivity index (χ0) is 5.98. The van der Waals surface area contributed by atoms with Crippen LogP contribution >= 0.6 is 22.6 Å². The Kier molecular flexibility index (Phi) is 1.67. The lowest BCUT2D eigenvalue weighted by Gasteiger charge is -1.78. The third-order valence-corrected chi connectivity index (χ3v) is 1.78. The molecule has 1 N–H and O–H groups in total. The third kappa shape index (κ3) is 0.912. The van der Waals surface area contributed by atoms with E-state index in [1.165, 1.54) is 0 Å². The summed E-state index contributed by atoms with van der Waals surface area (Å²) in [6.07, 6.45) is 2.55. The van der Waals surface area contributed by atoms with E-state index in [9.17, 15) is 4.79 Å². The summed E-state index contributed by atoms with van der Waals surface area (Å²) in [5.41, 5.74) is 0.658. The van der Waals surface area contributed by atoms with Gasteiger partial charge in [-0.1, -0.05) is 0 Å². The lowest BCUT2D eigenvalue weighted by molar-refractivity contribution is 0.111. The Balaban J connectivity index is 3.09. The van der Waals surface area contributed by atoms with E-state index < -0.39 is 0 Å². The lowest BCUT2D eigenvalue weighted by atomic mass is 10.5. The van der Waals surface area contributed by atoms with Gasteiger partial charge in [-0.15, -0.1) is 0 Å². The molecule has 1 rings (SSSR count). The highest BCUT2D eigenvalue weighted by Gasteiger charge is 1.94. The van der Waals surface area contributed by atoms with Crippen molar-refractivity contribution in [1.29, 1.82) is 0 Å². The fourth-order valence-electron chi connectivity index (χ4n) is 0.454. The molecule has 1 heterocycles. The Morgan fingerprint density at radius 3 is 2.75 bits per heavy atom. The minimum Gasteiger partial charge on any atom is -0.358 e. The summed E-state index contributed by atoms with van der Waals surface area (Å²) in [7, 11) is 0. The van der Waals surface area contributed by atoms with Crippen molar-refractivity contribution < 1.29 is 4.79 Å². The van der Waals surface area contributed by atoms with Crippen LogP contribution in [0.25, 0.3) is 0 Å². The third-order valence-electron chi connectivity index (χ3n) is 0.844. The van der Waals surface area contributed by atoms with Crippen molar-refractivity contribution in [3.63, 3.8) is 0 Å². The first kappa shape index (κ1) is 5.81. The van der Waals surface area contributed by atoms with Crippen LogP contribution < -0.4 is 0 Å². The van der Waals surface area contributed by atoms with Gasteiger partial charge in [-0.05, 0) is 28.7 Å². The van der Waals surface area contributed by atoms with Crippen molar-refractivity contribution >= 4 is 28.9 Å². The van der Waals surface area contributed by atoms with Gasteiger partial charge < -0.3 is 4.98 Å². The van der Waals surface area contributed by atoms with Gasteiger partial charge >= 0.3 is 0 Å². The molecule has 0 aromatic carbocycles. The van der Waals surface area contributed by atoms with Crippen molar-refractivity contribution in [1.82, 2.24) is 4.98 Å². The topological polar surface area (TPSA) is 32.9 Å². The van der Waals surface area contributed by atoms with Crippen LogP contribution in [0.1, 0.15) is 10.5 Å². The zero-order valence-electron chi connectivity index (χ0n) is 4.02. The average molecular weight is 221 g/mol. The number of H-pyrrole nitrogens is 1. The minimum absolute atomic E-state index is 0.658. The molecule has 0 saturated heterocycles. The zero-order valence-corrected chi connectivity index (χ0v) is 6.18. The number of hydrogen-bond acceptors (Lipinski definition) is 1. The standard InChI is InChI=1S/C5H4INO/c6-4-1-2-7-5(4)3-8/h1-3,7H. The van der Waals surface area contributed by atoms with E-state index >= 15 is 0 Å². The molecule has 0 unspecified atom stereocenters. The number of aromatic amines is 1. The monoisotopic (exact) mass is 221 g/mol. The molecule has 0 aliphatic heterocycles. The molecule has 2 nitrogen and oxygen atoms in total. The van der Waals surface area contributed by atoms with Gasteiger partial charge in [-0.25, -0.2) is 0 Å². The molecular weight excluding hydrogens is 217 g/mol. The van der Waals surface area contributed by atoms with E-state index in [2.05, 4.69) is 27.6 Å². The fraction of sp³-hybridized carbons (Fsp3) is 0. The molecule has 0 aliphatic rings. The van der Waals surface area contributed by atoms with Crippen LogP contribution in [-0.4, -0.2) is 11.3 Å². The smallest absolute Gasteiger partial charge is 0.167 e. The van der Waals surface area contributed by atoms with Crippen molar-refractivity contribution in [3.8, 4) is 0 Å². The molecule has 0 atom stereocenters. The van der Waals surface area contributed by atoms with Gasteiger partial charge in [-0.3, -0.25) is 4.79 Å². The first-order valence-electron chi connectivity index (χ1n) is 2.12. The van der Waals surface area contributed by atoms with Gasteiger partial charge in [0.05, 0.1) is 5.69 Å². The molecule has 0 fully saturated rings. The molecule has 8 heavy (non-hydrogen) atoms. The van der Waals surface area contributed by atoms with Gasteiger partial charge in [0.25, 0.3) is 0 Å². The summed E-state index contributed by atoms with van der Waals surface area (Å²) in [6.45, 7) is 0. The number of carbonyl (C=O) groups is 1. The van der Waals surface area contributed by atoms with Gasteiger partial charge in [0, 0.05) is 9.77 Å². The molecule has 0 saturated carbocycles. The Morgan fingerprint density at radius 2 is 2.50 bits per heavy atom. The van der Waals surface area contributed by atoms with Crippen LogP contribution in [0.15, 0.2) is 12.3 Å². The maximum Gasteiger partial charge on any atom is 0.167 e.